The maximum atomic E-state index is 13.4. The second-order valence-electron chi connectivity index (χ2n) is 6.16. The van der Waals surface area contributed by atoms with Crippen LogP contribution >= 0.6 is 0 Å². The van der Waals surface area contributed by atoms with Crippen LogP contribution in [0.25, 0.3) is 0 Å². The summed E-state index contributed by atoms with van der Waals surface area (Å²) >= 11 is 0. The van der Waals surface area contributed by atoms with Crippen LogP contribution < -0.4 is 10.1 Å². The van der Waals surface area contributed by atoms with Crippen molar-refractivity contribution in [2.45, 2.75) is 27.0 Å². The van der Waals surface area contributed by atoms with Crippen molar-refractivity contribution in [3.05, 3.63) is 76.9 Å². The minimum Gasteiger partial charge on any atom is -0.434 e. The van der Waals surface area contributed by atoms with E-state index in [0.29, 0.717) is 23.6 Å². The summed E-state index contributed by atoms with van der Waals surface area (Å²) in [6.07, 6.45) is 0. The van der Waals surface area contributed by atoms with E-state index in [4.69, 9.17) is 0 Å². The highest BCUT2D eigenvalue weighted by Gasteiger charge is 2.19. The van der Waals surface area contributed by atoms with Crippen LogP contribution in [-0.4, -0.2) is 22.3 Å². The highest BCUT2D eigenvalue weighted by Crippen LogP contribution is 2.25. The summed E-state index contributed by atoms with van der Waals surface area (Å²) in [5.41, 5.74) is 2.38. The number of amides is 1. The van der Waals surface area contributed by atoms with Crippen LogP contribution in [0.3, 0.4) is 0 Å². The first kappa shape index (κ1) is 19.5. The van der Waals surface area contributed by atoms with Crippen molar-refractivity contribution in [2.24, 2.45) is 0 Å². The average Bonchev–Trinajstić information content (AvgIpc) is 2.89. The monoisotopic (exact) mass is 389 g/mol. The molecule has 0 aliphatic carbocycles. The molecule has 28 heavy (non-hydrogen) atoms. The van der Waals surface area contributed by atoms with Gasteiger partial charge in [-0.2, -0.15) is 13.9 Å². The Morgan fingerprint density at radius 1 is 1.18 bits per heavy atom. The Hall–Kier alpha value is -3.29. The molecule has 1 amide bonds. The highest BCUT2D eigenvalue weighted by molar-refractivity contribution is 6.06. The molecule has 8 heteroatoms. The molecule has 0 spiro atoms. The molecule has 146 valence electrons. The standard InChI is InChI=1S/C20H18F3N3O2/c1-12-18(13(2)26(25-12)11-14-6-5-7-15(21)10-14)24-19(27)16-8-3-4-9-17(16)28-20(22)23/h3-10,20H,11H2,1-2H3,(H,24,27). The Morgan fingerprint density at radius 2 is 1.93 bits per heavy atom. The van der Waals surface area contributed by atoms with Gasteiger partial charge in [0.05, 0.1) is 29.2 Å². The Labute approximate surface area is 159 Å². The van der Waals surface area contributed by atoms with Crippen molar-refractivity contribution in [2.75, 3.05) is 5.32 Å². The van der Waals surface area contributed by atoms with E-state index in [1.807, 2.05) is 0 Å². The third-order valence-electron chi connectivity index (χ3n) is 4.19. The SMILES string of the molecule is Cc1nn(Cc2cccc(F)c2)c(C)c1NC(=O)c1ccccc1OC(F)F. The van der Waals surface area contributed by atoms with Crippen LogP contribution in [0.15, 0.2) is 48.5 Å². The van der Waals surface area contributed by atoms with Gasteiger partial charge in [-0.3, -0.25) is 9.48 Å². The van der Waals surface area contributed by atoms with Crippen molar-refractivity contribution in [3.63, 3.8) is 0 Å². The molecule has 5 nitrogen and oxygen atoms in total. The molecule has 1 N–H and O–H groups in total. The molecule has 0 saturated heterocycles. The Morgan fingerprint density at radius 3 is 2.64 bits per heavy atom. The molecule has 0 unspecified atom stereocenters. The summed E-state index contributed by atoms with van der Waals surface area (Å²) in [6.45, 7) is 0.764. The van der Waals surface area contributed by atoms with E-state index in [-0.39, 0.29) is 17.1 Å². The fraction of sp³-hybridized carbons (Fsp3) is 0.200. The van der Waals surface area contributed by atoms with Crippen molar-refractivity contribution in [1.29, 1.82) is 0 Å². The summed E-state index contributed by atoms with van der Waals surface area (Å²) in [5.74, 6) is -1.14. The van der Waals surface area contributed by atoms with Gasteiger partial charge in [0.25, 0.3) is 5.91 Å². The number of anilines is 1. The van der Waals surface area contributed by atoms with Crippen LogP contribution in [0.4, 0.5) is 18.9 Å². The largest absolute Gasteiger partial charge is 0.434 e. The number of aryl methyl sites for hydroxylation is 1. The van der Waals surface area contributed by atoms with Gasteiger partial charge in [-0.15, -0.1) is 0 Å². The van der Waals surface area contributed by atoms with E-state index in [0.717, 1.165) is 5.56 Å². The third-order valence-corrected chi connectivity index (χ3v) is 4.19. The molecule has 0 aliphatic rings. The number of nitrogens with one attached hydrogen (secondary N) is 1. The number of carbonyl (C=O) groups excluding carboxylic acids is 1. The van der Waals surface area contributed by atoms with E-state index in [2.05, 4.69) is 15.2 Å². The predicted octanol–water partition coefficient (Wildman–Crippen LogP) is 4.54. The first-order valence-corrected chi connectivity index (χ1v) is 8.49. The lowest BCUT2D eigenvalue weighted by Crippen LogP contribution is -2.16. The van der Waals surface area contributed by atoms with Crippen LogP contribution in [0.1, 0.15) is 27.3 Å². The number of hydrogen-bond acceptors (Lipinski definition) is 3. The maximum Gasteiger partial charge on any atom is 0.387 e. The zero-order chi connectivity index (χ0) is 20.3. The number of aromatic nitrogens is 2. The number of halogens is 3. The Balaban J connectivity index is 1.84. The zero-order valence-corrected chi connectivity index (χ0v) is 15.2. The summed E-state index contributed by atoms with van der Waals surface area (Å²) in [6, 6.07) is 11.9. The highest BCUT2D eigenvalue weighted by atomic mass is 19.3. The van der Waals surface area contributed by atoms with Crippen molar-refractivity contribution in [3.8, 4) is 5.75 Å². The fourth-order valence-corrected chi connectivity index (χ4v) is 2.87. The number of benzene rings is 2. The molecular weight excluding hydrogens is 371 g/mol. The van der Waals surface area contributed by atoms with Gasteiger partial charge in [-0.25, -0.2) is 4.39 Å². The molecule has 0 aliphatic heterocycles. The van der Waals surface area contributed by atoms with E-state index in [9.17, 15) is 18.0 Å². The van der Waals surface area contributed by atoms with Gasteiger partial charge in [-0.1, -0.05) is 24.3 Å². The molecule has 0 radical (unpaired) electrons. The minimum absolute atomic E-state index is 0.0144. The molecule has 1 aromatic heterocycles. The van der Waals surface area contributed by atoms with Gasteiger partial charge < -0.3 is 10.1 Å². The van der Waals surface area contributed by atoms with Crippen LogP contribution in [0.5, 0.6) is 5.75 Å². The molecule has 0 bridgehead atoms. The van der Waals surface area contributed by atoms with Gasteiger partial charge >= 0.3 is 6.61 Å². The second-order valence-corrected chi connectivity index (χ2v) is 6.16. The zero-order valence-electron chi connectivity index (χ0n) is 15.2. The van der Waals surface area contributed by atoms with Crippen LogP contribution in [0, 0.1) is 19.7 Å². The predicted molar refractivity (Wildman–Crippen MR) is 98.2 cm³/mol. The summed E-state index contributed by atoms with van der Waals surface area (Å²) in [4.78, 5) is 12.6. The lowest BCUT2D eigenvalue weighted by molar-refractivity contribution is -0.0501. The lowest BCUT2D eigenvalue weighted by Gasteiger charge is -2.11. The maximum absolute atomic E-state index is 13.4. The Bertz CT molecular complexity index is 1000. The van der Waals surface area contributed by atoms with E-state index >= 15 is 0 Å². The summed E-state index contributed by atoms with van der Waals surface area (Å²) in [5, 5.41) is 7.09. The van der Waals surface area contributed by atoms with E-state index < -0.39 is 12.5 Å². The summed E-state index contributed by atoms with van der Waals surface area (Å²) < 4.78 is 44.6. The van der Waals surface area contributed by atoms with Gasteiger partial charge in [0.2, 0.25) is 0 Å². The quantitative estimate of drug-likeness (QED) is 0.673. The van der Waals surface area contributed by atoms with Crippen molar-refractivity contribution < 1.29 is 22.7 Å². The average molecular weight is 389 g/mol. The van der Waals surface area contributed by atoms with E-state index in [1.54, 1.807) is 36.7 Å². The number of nitrogens with zero attached hydrogens (tertiary/aromatic N) is 2. The van der Waals surface area contributed by atoms with Crippen molar-refractivity contribution >= 4 is 11.6 Å². The summed E-state index contributed by atoms with van der Waals surface area (Å²) in [7, 11) is 0. The van der Waals surface area contributed by atoms with Crippen LogP contribution in [-0.2, 0) is 6.54 Å². The molecule has 3 aromatic rings. The topological polar surface area (TPSA) is 56.2 Å². The molecule has 2 aromatic carbocycles. The second kappa shape index (κ2) is 8.16. The van der Waals surface area contributed by atoms with Gasteiger partial charge in [0.15, 0.2) is 0 Å². The van der Waals surface area contributed by atoms with Crippen LogP contribution in [0.2, 0.25) is 0 Å². The molecular formula is C20H18F3N3O2. The number of carbonyl (C=O) groups is 1. The Kier molecular flexibility index (Phi) is 5.67. The van der Waals surface area contributed by atoms with Crippen molar-refractivity contribution in [1.82, 2.24) is 9.78 Å². The number of alkyl halides is 2. The third kappa shape index (κ3) is 4.33. The molecule has 0 atom stereocenters. The van der Waals surface area contributed by atoms with Gasteiger partial charge in [-0.05, 0) is 43.7 Å². The number of para-hydroxylation sites is 1. The number of rotatable bonds is 6. The number of hydrogen-bond donors (Lipinski definition) is 1. The smallest absolute Gasteiger partial charge is 0.387 e. The lowest BCUT2D eigenvalue weighted by atomic mass is 10.1. The van der Waals surface area contributed by atoms with Gasteiger partial charge in [0.1, 0.15) is 11.6 Å². The minimum atomic E-state index is -3.04. The molecule has 3 rings (SSSR count). The molecule has 0 fully saturated rings. The number of ether oxygens (including phenoxy) is 1. The first-order valence-electron chi connectivity index (χ1n) is 8.49. The fourth-order valence-electron chi connectivity index (χ4n) is 2.87. The normalized spacial score (nSPS) is 10.9. The molecule has 0 saturated carbocycles. The molecule has 1 heterocycles. The first-order chi connectivity index (χ1) is 13.3. The van der Waals surface area contributed by atoms with Gasteiger partial charge in [0, 0.05) is 0 Å². The van der Waals surface area contributed by atoms with E-state index in [1.165, 1.54) is 30.3 Å².